The van der Waals surface area contributed by atoms with Crippen molar-refractivity contribution in [2.24, 2.45) is 0 Å². The Morgan fingerprint density at radius 3 is 2.47 bits per heavy atom. The Labute approximate surface area is 201 Å². The van der Waals surface area contributed by atoms with Crippen LogP contribution in [-0.4, -0.2) is 43.1 Å². The van der Waals surface area contributed by atoms with E-state index in [1.54, 1.807) is 25.5 Å². The molecule has 1 N–H and O–H groups in total. The smallest absolute Gasteiger partial charge is 0.387 e. The Bertz CT molecular complexity index is 1400. The second-order valence-corrected chi connectivity index (χ2v) is 8.84. The van der Waals surface area contributed by atoms with Gasteiger partial charge < -0.3 is 14.8 Å². The van der Waals surface area contributed by atoms with Crippen LogP contribution in [0.5, 0.6) is 11.8 Å². The van der Waals surface area contributed by atoms with Crippen LogP contribution in [0.25, 0.3) is 22.0 Å². The number of benzene rings is 2. The summed E-state index contributed by atoms with van der Waals surface area (Å²) in [5.74, 6) is -0.242. The standard InChI is InChI=1S/C22H20F2N4O4S.ClH/c1-25-10-16-13-28(33(29,30)18-5-3-4-17(9-18)32-21(23)24)20-8-14(6-7-19(16)20)15-11-26-22(31-2)27-12-15;/h3-9,11-13,21,25H,10H2,1-2H3;1H. The fraction of sp³-hybridized carbons (Fsp3) is 0.182. The van der Waals surface area contributed by atoms with Crippen LogP contribution in [0, 0.1) is 0 Å². The summed E-state index contributed by atoms with van der Waals surface area (Å²) in [5.41, 5.74) is 2.55. The highest BCUT2D eigenvalue weighted by atomic mass is 35.5. The lowest BCUT2D eigenvalue weighted by Crippen LogP contribution is -2.13. The van der Waals surface area contributed by atoms with Crippen molar-refractivity contribution in [3.8, 4) is 22.9 Å². The number of alkyl halides is 2. The highest BCUT2D eigenvalue weighted by molar-refractivity contribution is 7.90. The van der Waals surface area contributed by atoms with Gasteiger partial charge in [0.2, 0.25) is 0 Å². The van der Waals surface area contributed by atoms with Gasteiger partial charge in [-0.1, -0.05) is 18.2 Å². The molecule has 12 heteroatoms. The minimum absolute atomic E-state index is 0. The molecule has 0 saturated carbocycles. The van der Waals surface area contributed by atoms with Crippen molar-refractivity contribution >= 4 is 33.3 Å². The lowest BCUT2D eigenvalue weighted by atomic mass is 10.1. The Morgan fingerprint density at radius 1 is 1.09 bits per heavy atom. The first-order valence-corrected chi connectivity index (χ1v) is 11.2. The molecule has 0 fully saturated rings. The molecule has 2 heterocycles. The molecule has 4 rings (SSSR count). The van der Waals surface area contributed by atoms with Crippen molar-refractivity contribution in [1.82, 2.24) is 19.3 Å². The summed E-state index contributed by atoms with van der Waals surface area (Å²) in [6.07, 6.45) is 4.67. The zero-order valence-electron chi connectivity index (χ0n) is 18.1. The number of hydrogen-bond donors (Lipinski definition) is 1. The van der Waals surface area contributed by atoms with E-state index in [2.05, 4.69) is 20.0 Å². The highest BCUT2D eigenvalue weighted by Crippen LogP contribution is 2.31. The van der Waals surface area contributed by atoms with Gasteiger partial charge >= 0.3 is 12.6 Å². The lowest BCUT2D eigenvalue weighted by molar-refractivity contribution is -0.0499. The van der Waals surface area contributed by atoms with Crippen LogP contribution >= 0.6 is 12.4 Å². The molecule has 34 heavy (non-hydrogen) atoms. The quantitative estimate of drug-likeness (QED) is 0.381. The first-order valence-electron chi connectivity index (χ1n) is 9.79. The molecule has 0 saturated heterocycles. The van der Waals surface area contributed by atoms with Gasteiger partial charge in [-0.3, -0.25) is 0 Å². The van der Waals surface area contributed by atoms with Gasteiger partial charge in [0.15, 0.2) is 0 Å². The molecule has 0 aliphatic carbocycles. The van der Waals surface area contributed by atoms with E-state index >= 15 is 0 Å². The molecule has 4 aromatic rings. The maximum absolute atomic E-state index is 13.5. The Balaban J connectivity index is 0.00000324. The van der Waals surface area contributed by atoms with Crippen LogP contribution in [0.1, 0.15) is 5.56 Å². The number of fused-ring (bicyclic) bond motifs is 1. The second-order valence-electron chi connectivity index (χ2n) is 7.03. The van der Waals surface area contributed by atoms with Crippen LogP contribution in [0.3, 0.4) is 0 Å². The number of rotatable bonds is 8. The first-order chi connectivity index (χ1) is 15.8. The summed E-state index contributed by atoms with van der Waals surface area (Å²) in [5, 5.41) is 3.75. The zero-order valence-corrected chi connectivity index (χ0v) is 19.7. The number of methoxy groups -OCH3 is 1. The Kier molecular flexibility index (Phi) is 7.70. The third kappa shape index (κ3) is 4.96. The molecule has 0 amide bonds. The fourth-order valence-electron chi connectivity index (χ4n) is 3.47. The topological polar surface area (TPSA) is 95.3 Å². The average molecular weight is 511 g/mol. The maximum Gasteiger partial charge on any atom is 0.387 e. The predicted molar refractivity (Wildman–Crippen MR) is 125 cm³/mol. The van der Waals surface area contributed by atoms with Gasteiger partial charge in [-0.2, -0.15) is 8.78 Å². The van der Waals surface area contributed by atoms with Crippen LogP contribution in [0.2, 0.25) is 0 Å². The summed E-state index contributed by atoms with van der Waals surface area (Å²) >= 11 is 0. The molecule has 0 bridgehead atoms. The SMILES string of the molecule is CNCc1cn(S(=O)(=O)c2cccc(OC(F)F)c2)c2cc(-c3cnc(OC)nc3)ccc12.Cl. The van der Waals surface area contributed by atoms with E-state index in [1.807, 2.05) is 12.1 Å². The normalized spacial score (nSPS) is 11.4. The molecule has 2 aromatic carbocycles. The lowest BCUT2D eigenvalue weighted by Gasteiger charge is -2.10. The van der Waals surface area contributed by atoms with E-state index in [0.717, 1.165) is 21.0 Å². The number of aromatic nitrogens is 3. The summed E-state index contributed by atoms with van der Waals surface area (Å²) in [7, 11) is -0.901. The van der Waals surface area contributed by atoms with Gasteiger partial charge in [-0.15, -0.1) is 12.4 Å². The van der Waals surface area contributed by atoms with Gasteiger partial charge in [0.05, 0.1) is 17.5 Å². The van der Waals surface area contributed by atoms with E-state index < -0.39 is 16.6 Å². The number of halogens is 3. The van der Waals surface area contributed by atoms with Crippen molar-refractivity contribution in [3.63, 3.8) is 0 Å². The van der Waals surface area contributed by atoms with E-state index in [-0.39, 0.29) is 29.1 Å². The Morgan fingerprint density at radius 2 is 1.82 bits per heavy atom. The third-order valence-corrected chi connectivity index (χ3v) is 6.62. The van der Waals surface area contributed by atoms with Crippen LogP contribution in [-0.2, 0) is 16.6 Å². The average Bonchev–Trinajstić information content (AvgIpc) is 3.18. The Hall–Kier alpha value is -3.28. The monoisotopic (exact) mass is 510 g/mol. The van der Waals surface area contributed by atoms with Gasteiger partial charge in [0, 0.05) is 42.2 Å². The number of nitrogens with zero attached hydrogens (tertiary/aromatic N) is 3. The van der Waals surface area contributed by atoms with Crippen LogP contribution in [0.4, 0.5) is 8.78 Å². The molecule has 0 spiro atoms. The van der Waals surface area contributed by atoms with Crippen molar-refractivity contribution in [1.29, 1.82) is 0 Å². The number of nitrogens with one attached hydrogen (secondary N) is 1. The van der Waals surface area contributed by atoms with E-state index in [4.69, 9.17) is 4.74 Å². The van der Waals surface area contributed by atoms with Gasteiger partial charge in [0.25, 0.3) is 10.0 Å². The molecular formula is C22H21ClF2N4O4S. The van der Waals surface area contributed by atoms with E-state index in [9.17, 15) is 17.2 Å². The summed E-state index contributed by atoms with van der Waals surface area (Å²) < 4.78 is 62.7. The van der Waals surface area contributed by atoms with Crippen LogP contribution in [0.15, 0.2) is 66.0 Å². The van der Waals surface area contributed by atoms with Gasteiger partial charge in [0.1, 0.15) is 5.75 Å². The van der Waals surface area contributed by atoms with Crippen molar-refractivity contribution < 1.29 is 26.7 Å². The molecule has 0 aliphatic rings. The predicted octanol–water partition coefficient (Wildman–Crippen LogP) is 4.09. The fourth-order valence-corrected chi connectivity index (χ4v) is 4.89. The zero-order chi connectivity index (χ0) is 23.6. The number of ether oxygens (including phenoxy) is 2. The molecule has 8 nitrogen and oxygen atoms in total. The first kappa shape index (κ1) is 25.3. The summed E-state index contributed by atoms with van der Waals surface area (Å²) in [4.78, 5) is 8.02. The van der Waals surface area contributed by atoms with Crippen LogP contribution < -0.4 is 14.8 Å². The largest absolute Gasteiger partial charge is 0.467 e. The molecule has 2 aromatic heterocycles. The van der Waals surface area contributed by atoms with Crippen molar-refractivity contribution in [2.75, 3.05) is 14.2 Å². The molecular weight excluding hydrogens is 490 g/mol. The molecule has 0 unspecified atom stereocenters. The molecule has 0 aliphatic heterocycles. The van der Waals surface area contributed by atoms with E-state index in [0.29, 0.717) is 23.2 Å². The van der Waals surface area contributed by atoms with Gasteiger partial charge in [-0.25, -0.2) is 22.4 Å². The number of hydrogen-bond acceptors (Lipinski definition) is 7. The minimum Gasteiger partial charge on any atom is -0.467 e. The minimum atomic E-state index is -4.12. The second kappa shape index (κ2) is 10.3. The summed E-state index contributed by atoms with van der Waals surface area (Å²) in [6.45, 7) is -2.63. The van der Waals surface area contributed by atoms with E-state index in [1.165, 1.54) is 31.5 Å². The van der Waals surface area contributed by atoms with Crippen molar-refractivity contribution in [3.05, 3.63) is 66.6 Å². The van der Waals surface area contributed by atoms with Crippen molar-refractivity contribution in [2.45, 2.75) is 18.1 Å². The van der Waals surface area contributed by atoms with Gasteiger partial charge in [-0.05, 0) is 36.4 Å². The molecule has 180 valence electrons. The maximum atomic E-state index is 13.5. The highest BCUT2D eigenvalue weighted by Gasteiger charge is 2.23. The summed E-state index contributed by atoms with van der Waals surface area (Å²) in [6, 6.07) is 10.6. The molecule has 0 atom stereocenters. The third-order valence-electron chi connectivity index (χ3n) is 4.95. The molecule has 0 radical (unpaired) electrons.